The Balaban J connectivity index is 0. The van der Waals surface area contributed by atoms with Crippen LogP contribution in [0.4, 0.5) is 0 Å². The molecule has 0 saturated carbocycles. The summed E-state index contributed by atoms with van der Waals surface area (Å²) in [5, 5.41) is 3.15. The molecule has 0 radical (unpaired) electrons. The van der Waals surface area contributed by atoms with Crippen molar-refractivity contribution in [3.05, 3.63) is 0 Å². The highest BCUT2D eigenvalue weighted by Gasteiger charge is 2.22. The average Bonchev–Trinajstić information content (AvgIpc) is 2.72. The lowest BCUT2D eigenvalue weighted by atomic mass is 10.2. The van der Waals surface area contributed by atoms with Gasteiger partial charge >= 0.3 is 0 Å². The van der Waals surface area contributed by atoms with Crippen molar-refractivity contribution in [3.63, 3.8) is 0 Å². The van der Waals surface area contributed by atoms with E-state index < -0.39 is 5.91 Å². The monoisotopic (exact) mass is 486 g/mol. The van der Waals surface area contributed by atoms with Gasteiger partial charge in [-0.15, -0.1) is 0 Å². The van der Waals surface area contributed by atoms with E-state index in [1.165, 1.54) is 40.7 Å². The summed E-state index contributed by atoms with van der Waals surface area (Å²) in [6.07, 6.45) is 0.277. The van der Waals surface area contributed by atoms with E-state index in [-0.39, 0.29) is 63.7 Å². The number of nitrogens with one attached hydrogen (secondary N) is 1. The highest BCUT2D eigenvalue weighted by Crippen LogP contribution is 2.00. The maximum Gasteiger partial charge on any atom is 0.242 e. The molecule has 0 aromatic carbocycles. The molecule has 0 rings (SSSR count). The van der Waals surface area contributed by atoms with Gasteiger partial charge in [0.25, 0.3) is 0 Å². The second kappa shape index (κ2) is 15.3. The highest BCUT2D eigenvalue weighted by molar-refractivity contribution is 5.91. The number of nitrogens with zero attached hydrogens (tertiary/aromatic N) is 5. The minimum atomic E-state index is -0.420. The van der Waals surface area contributed by atoms with Crippen molar-refractivity contribution in [1.29, 1.82) is 0 Å². The van der Waals surface area contributed by atoms with Crippen LogP contribution in [-0.2, 0) is 24.0 Å². The maximum absolute atomic E-state index is 12.5. The molecule has 11 nitrogen and oxygen atoms in total. The fraction of sp³-hybridized carbons (Fsp3) is 0.783. The summed E-state index contributed by atoms with van der Waals surface area (Å²) in [5.74, 6) is -1.20. The van der Waals surface area contributed by atoms with Crippen LogP contribution < -0.4 is 5.32 Å². The first-order valence-electron chi connectivity index (χ1n) is 11.6. The Morgan fingerprint density at radius 2 is 0.912 bits per heavy atom. The van der Waals surface area contributed by atoms with Crippen molar-refractivity contribution in [1.82, 2.24) is 29.8 Å². The van der Waals surface area contributed by atoms with Crippen LogP contribution in [0.2, 0.25) is 0 Å². The van der Waals surface area contributed by atoms with Gasteiger partial charge in [0.2, 0.25) is 29.5 Å². The van der Waals surface area contributed by atoms with E-state index in [1.807, 2.05) is 27.7 Å². The Hall–Kier alpha value is -2.69. The van der Waals surface area contributed by atoms with E-state index in [0.717, 1.165) is 0 Å². The number of carbonyl (C=O) groups excluding carboxylic acids is 5. The lowest BCUT2D eigenvalue weighted by Crippen LogP contribution is -2.47. The molecule has 0 heterocycles. The van der Waals surface area contributed by atoms with Gasteiger partial charge in [-0.2, -0.15) is 0 Å². The third kappa shape index (κ3) is 12.5. The molecule has 0 aliphatic heterocycles. The number of likely N-dealkylation sites (N-methyl/N-ethyl adjacent to an activating group) is 5. The van der Waals surface area contributed by atoms with Crippen LogP contribution in [0.25, 0.3) is 0 Å². The topological polar surface area (TPSA) is 114 Å². The first-order valence-corrected chi connectivity index (χ1v) is 11.6. The first-order chi connectivity index (χ1) is 15.6. The van der Waals surface area contributed by atoms with Crippen molar-refractivity contribution >= 4 is 29.5 Å². The highest BCUT2D eigenvalue weighted by atomic mass is 16.2. The lowest BCUT2D eigenvalue weighted by Gasteiger charge is -2.26. The number of hydrogen-bond donors (Lipinski definition) is 1. The SMILES string of the molecule is CC(C)CN(C)C(=O)CN(C)C(=O)CN(C)C(=O)CN(C)C(=O)CN(C)C(=O)CCNC(C)C.[HH]. The van der Waals surface area contributed by atoms with Crippen LogP contribution in [0.5, 0.6) is 0 Å². The molecular weight excluding hydrogens is 440 g/mol. The summed E-state index contributed by atoms with van der Waals surface area (Å²) in [7, 11) is 7.70. The van der Waals surface area contributed by atoms with Crippen LogP contribution >= 0.6 is 0 Å². The first kappa shape index (κ1) is 31.3. The summed E-state index contributed by atoms with van der Waals surface area (Å²) in [5.41, 5.74) is 0. The number of amides is 5. The predicted molar refractivity (Wildman–Crippen MR) is 133 cm³/mol. The molecule has 0 saturated heterocycles. The van der Waals surface area contributed by atoms with Crippen molar-refractivity contribution in [2.75, 3.05) is 74.5 Å². The van der Waals surface area contributed by atoms with E-state index in [9.17, 15) is 24.0 Å². The Labute approximate surface area is 205 Å². The van der Waals surface area contributed by atoms with Gasteiger partial charge in [0.05, 0.1) is 26.2 Å². The largest absolute Gasteiger partial charge is 0.344 e. The van der Waals surface area contributed by atoms with E-state index in [0.29, 0.717) is 19.0 Å². The van der Waals surface area contributed by atoms with Crippen LogP contribution in [-0.4, -0.2) is 135 Å². The zero-order valence-electron chi connectivity index (χ0n) is 22.4. The maximum atomic E-state index is 12.5. The van der Waals surface area contributed by atoms with Gasteiger partial charge in [-0.3, -0.25) is 24.0 Å². The third-order valence-corrected chi connectivity index (χ3v) is 5.15. The van der Waals surface area contributed by atoms with Crippen molar-refractivity contribution in [3.8, 4) is 0 Å². The molecule has 0 spiro atoms. The molecule has 0 bridgehead atoms. The van der Waals surface area contributed by atoms with Gasteiger partial charge in [-0.25, -0.2) is 0 Å². The van der Waals surface area contributed by atoms with Crippen molar-refractivity contribution < 1.29 is 25.4 Å². The molecule has 0 aliphatic rings. The molecule has 0 aromatic heterocycles. The molecule has 0 unspecified atom stereocenters. The minimum absolute atomic E-state index is 0. The van der Waals surface area contributed by atoms with Gasteiger partial charge in [0.15, 0.2) is 0 Å². The van der Waals surface area contributed by atoms with Gasteiger partial charge in [0, 0.05) is 62.2 Å². The summed E-state index contributed by atoms with van der Waals surface area (Å²) in [4.78, 5) is 68.4. The Bertz CT molecular complexity index is 719. The van der Waals surface area contributed by atoms with Gasteiger partial charge < -0.3 is 29.8 Å². The molecule has 0 fully saturated rings. The molecule has 11 heteroatoms. The van der Waals surface area contributed by atoms with E-state index >= 15 is 0 Å². The fourth-order valence-corrected chi connectivity index (χ4v) is 2.96. The van der Waals surface area contributed by atoms with E-state index in [1.54, 1.807) is 19.0 Å². The third-order valence-electron chi connectivity index (χ3n) is 5.15. The summed E-state index contributed by atoms with van der Waals surface area (Å²) in [6, 6.07) is 0.271. The Morgan fingerprint density at radius 3 is 1.24 bits per heavy atom. The quantitative estimate of drug-likeness (QED) is 0.356. The Kier molecular flexibility index (Phi) is 14.1. The summed E-state index contributed by atoms with van der Waals surface area (Å²) in [6.45, 7) is 8.45. The molecule has 1 N–H and O–H groups in total. The smallest absolute Gasteiger partial charge is 0.242 e. The average molecular weight is 487 g/mol. The number of carbonyl (C=O) groups is 5. The number of hydrogen-bond acceptors (Lipinski definition) is 6. The standard InChI is InChI=1S/C23H44N6O5.H2/c1-17(2)12-25(5)20(31)14-27(7)22(33)16-29(9)23(34)15-28(8)21(32)13-26(6)19(30)10-11-24-18(3)4;/h17-18,24H,10-16H2,1-9H3;1H. The summed E-state index contributed by atoms with van der Waals surface area (Å²) >= 11 is 0. The molecule has 34 heavy (non-hydrogen) atoms. The van der Waals surface area contributed by atoms with Crippen LogP contribution in [0.1, 0.15) is 35.5 Å². The van der Waals surface area contributed by atoms with E-state index in [2.05, 4.69) is 5.32 Å². The molecular formula is C23H46N6O5. The predicted octanol–water partition coefficient (Wildman–Crippen LogP) is -0.431. The van der Waals surface area contributed by atoms with Crippen LogP contribution in [0.3, 0.4) is 0 Å². The van der Waals surface area contributed by atoms with Gasteiger partial charge in [0.1, 0.15) is 0 Å². The van der Waals surface area contributed by atoms with Crippen molar-refractivity contribution in [2.45, 2.75) is 40.2 Å². The number of rotatable bonds is 14. The molecule has 0 aromatic rings. The van der Waals surface area contributed by atoms with Gasteiger partial charge in [-0.1, -0.05) is 27.7 Å². The van der Waals surface area contributed by atoms with Crippen molar-refractivity contribution in [2.24, 2.45) is 5.92 Å². The second-order valence-electron chi connectivity index (χ2n) is 9.53. The molecule has 5 amide bonds. The summed E-state index contributed by atoms with van der Waals surface area (Å²) < 4.78 is 0. The zero-order chi connectivity index (χ0) is 26.6. The molecule has 198 valence electrons. The second-order valence-corrected chi connectivity index (χ2v) is 9.53. The molecule has 0 atom stereocenters. The van der Waals surface area contributed by atoms with Crippen LogP contribution in [0.15, 0.2) is 0 Å². The lowest BCUT2D eigenvalue weighted by molar-refractivity contribution is -0.144. The minimum Gasteiger partial charge on any atom is -0.344 e. The zero-order valence-corrected chi connectivity index (χ0v) is 22.4. The van der Waals surface area contributed by atoms with E-state index in [4.69, 9.17) is 0 Å². The fourth-order valence-electron chi connectivity index (χ4n) is 2.96. The Morgan fingerprint density at radius 1 is 0.588 bits per heavy atom. The van der Waals surface area contributed by atoms with Crippen LogP contribution in [0, 0.1) is 5.92 Å². The molecule has 0 aliphatic carbocycles. The van der Waals surface area contributed by atoms with Gasteiger partial charge in [-0.05, 0) is 5.92 Å². The normalized spacial score (nSPS) is 10.8.